The van der Waals surface area contributed by atoms with Crippen LogP contribution in [0.5, 0.6) is 0 Å². The van der Waals surface area contributed by atoms with Gasteiger partial charge in [-0.2, -0.15) is 0 Å². The molecule has 0 saturated carbocycles. The Bertz CT molecular complexity index is 1710. The standard InChI is InChI=1S/C25H22N6O7S/c1-4-38-24(34)15-5-9-16(10-6-15)26-18(32)13-39-22-19-21(29(2)25(35)30(3)23(19)33)27-20(28-22)14-7-11-17(12-8-14)31(36)37/h5-12H,4,13H2,1-3H3,(H,26,32). The Morgan fingerprint density at radius 3 is 2.31 bits per heavy atom. The van der Waals surface area contributed by atoms with Gasteiger partial charge in [0.25, 0.3) is 11.2 Å². The molecule has 0 atom stereocenters. The molecule has 0 fully saturated rings. The summed E-state index contributed by atoms with van der Waals surface area (Å²) in [6.07, 6.45) is 0. The minimum Gasteiger partial charge on any atom is -0.462 e. The number of aromatic nitrogens is 4. The molecule has 4 aromatic rings. The zero-order valence-electron chi connectivity index (χ0n) is 21.0. The lowest BCUT2D eigenvalue weighted by Gasteiger charge is -2.12. The summed E-state index contributed by atoms with van der Waals surface area (Å²) in [5.74, 6) is -0.897. The number of carbonyl (C=O) groups excluding carboxylic acids is 2. The van der Waals surface area contributed by atoms with E-state index >= 15 is 0 Å². The van der Waals surface area contributed by atoms with Crippen LogP contribution in [-0.2, 0) is 23.6 Å². The maximum Gasteiger partial charge on any atom is 0.338 e. The molecule has 1 amide bonds. The first kappa shape index (κ1) is 27.2. The third kappa shape index (κ3) is 5.70. The lowest BCUT2D eigenvalue weighted by atomic mass is 10.2. The maximum absolute atomic E-state index is 13.0. The molecule has 13 nitrogen and oxygen atoms in total. The number of ether oxygens (including phenoxy) is 1. The van der Waals surface area contributed by atoms with Crippen LogP contribution in [-0.4, -0.2) is 48.3 Å². The molecule has 0 aliphatic carbocycles. The molecule has 0 unspecified atom stereocenters. The van der Waals surface area contributed by atoms with E-state index in [1.54, 1.807) is 19.1 Å². The van der Waals surface area contributed by atoms with E-state index in [2.05, 4.69) is 15.3 Å². The lowest BCUT2D eigenvalue weighted by molar-refractivity contribution is -0.384. The van der Waals surface area contributed by atoms with Crippen LogP contribution >= 0.6 is 11.8 Å². The Morgan fingerprint density at radius 2 is 1.69 bits per heavy atom. The number of esters is 1. The van der Waals surface area contributed by atoms with Crippen molar-refractivity contribution in [2.24, 2.45) is 14.1 Å². The number of nitro groups is 1. The van der Waals surface area contributed by atoms with Gasteiger partial charge in [-0.3, -0.25) is 28.8 Å². The number of fused-ring (bicyclic) bond motifs is 1. The molecular weight excluding hydrogens is 528 g/mol. The first-order chi connectivity index (χ1) is 18.6. The van der Waals surface area contributed by atoms with Crippen molar-refractivity contribution in [3.05, 3.63) is 85.0 Å². The zero-order chi connectivity index (χ0) is 28.3. The van der Waals surface area contributed by atoms with E-state index in [1.807, 2.05) is 0 Å². The van der Waals surface area contributed by atoms with Crippen LogP contribution in [0.15, 0.2) is 63.1 Å². The molecule has 2 heterocycles. The Hall–Kier alpha value is -4.85. The summed E-state index contributed by atoms with van der Waals surface area (Å²) < 4.78 is 7.06. The first-order valence-electron chi connectivity index (χ1n) is 11.5. The van der Waals surface area contributed by atoms with Crippen molar-refractivity contribution in [3.63, 3.8) is 0 Å². The van der Waals surface area contributed by atoms with Crippen LogP contribution in [0.4, 0.5) is 11.4 Å². The molecule has 2 aromatic carbocycles. The van der Waals surface area contributed by atoms with Gasteiger partial charge in [-0.25, -0.2) is 19.6 Å². The van der Waals surface area contributed by atoms with Crippen LogP contribution in [0.3, 0.4) is 0 Å². The Kier molecular flexibility index (Phi) is 7.85. The van der Waals surface area contributed by atoms with E-state index in [-0.39, 0.29) is 39.9 Å². The van der Waals surface area contributed by atoms with Crippen molar-refractivity contribution in [3.8, 4) is 11.4 Å². The number of hydrogen-bond donors (Lipinski definition) is 1. The fourth-order valence-electron chi connectivity index (χ4n) is 3.63. The average molecular weight is 551 g/mol. The van der Waals surface area contributed by atoms with Gasteiger partial charge in [0.2, 0.25) is 5.91 Å². The number of nitrogens with zero attached hydrogens (tertiary/aromatic N) is 5. The number of non-ortho nitro benzene ring substituents is 1. The highest BCUT2D eigenvalue weighted by Crippen LogP contribution is 2.27. The van der Waals surface area contributed by atoms with Crippen LogP contribution in [0, 0.1) is 10.1 Å². The van der Waals surface area contributed by atoms with E-state index in [1.165, 1.54) is 55.1 Å². The predicted molar refractivity (Wildman–Crippen MR) is 144 cm³/mol. The van der Waals surface area contributed by atoms with E-state index < -0.39 is 28.0 Å². The van der Waals surface area contributed by atoms with Crippen molar-refractivity contribution >= 4 is 46.0 Å². The van der Waals surface area contributed by atoms with Crippen LogP contribution in [0.25, 0.3) is 22.4 Å². The molecule has 2 aromatic heterocycles. The van der Waals surface area contributed by atoms with E-state index in [0.29, 0.717) is 16.8 Å². The fourth-order valence-corrected chi connectivity index (χ4v) is 4.44. The van der Waals surface area contributed by atoms with Crippen molar-refractivity contribution in [2.75, 3.05) is 17.7 Å². The minimum atomic E-state index is -0.624. The zero-order valence-corrected chi connectivity index (χ0v) is 21.9. The number of nitrogens with one attached hydrogen (secondary N) is 1. The fraction of sp³-hybridized carbons (Fsp3) is 0.200. The minimum absolute atomic E-state index is 0.0573. The van der Waals surface area contributed by atoms with Gasteiger partial charge in [0.05, 0.1) is 22.8 Å². The number of hydrogen-bond acceptors (Lipinski definition) is 10. The quantitative estimate of drug-likeness (QED) is 0.113. The molecule has 0 aliphatic heterocycles. The predicted octanol–water partition coefficient (Wildman–Crippen LogP) is 2.51. The number of thioether (sulfide) groups is 1. The third-order valence-electron chi connectivity index (χ3n) is 5.62. The smallest absolute Gasteiger partial charge is 0.338 e. The summed E-state index contributed by atoms with van der Waals surface area (Å²) in [6, 6.07) is 11.7. The number of rotatable bonds is 8. The van der Waals surface area contributed by atoms with Crippen LogP contribution < -0.4 is 16.6 Å². The number of aryl methyl sites for hydroxylation is 1. The summed E-state index contributed by atoms with van der Waals surface area (Å²) in [4.78, 5) is 69.4. The van der Waals surface area contributed by atoms with Gasteiger partial charge in [-0.15, -0.1) is 0 Å². The summed E-state index contributed by atoms with van der Waals surface area (Å²) in [6.45, 7) is 1.95. The Balaban J connectivity index is 1.65. The van der Waals surface area contributed by atoms with E-state index in [9.17, 15) is 29.3 Å². The topological polar surface area (TPSA) is 168 Å². The number of benzene rings is 2. The molecule has 200 valence electrons. The van der Waals surface area contributed by atoms with Crippen LogP contribution in [0.1, 0.15) is 17.3 Å². The second-order valence-electron chi connectivity index (χ2n) is 8.20. The van der Waals surface area contributed by atoms with Gasteiger partial charge in [-0.1, -0.05) is 11.8 Å². The highest BCUT2D eigenvalue weighted by Gasteiger charge is 2.20. The van der Waals surface area contributed by atoms with E-state index in [4.69, 9.17) is 4.74 Å². The van der Waals surface area contributed by atoms with Gasteiger partial charge < -0.3 is 10.1 Å². The van der Waals surface area contributed by atoms with Crippen molar-refractivity contribution in [2.45, 2.75) is 11.9 Å². The number of anilines is 1. The average Bonchev–Trinajstić information content (AvgIpc) is 2.93. The van der Waals surface area contributed by atoms with Gasteiger partial charge in [0.1, 0.15) is 10.4 Å². The summed E-state index contributed by atoms with van der Waals surface area (Å²) in [5.41, 5.74) is -0.0699. The summed E-state index contributed by atoms with van der Waals surface area (Å²) >= 11 is 0.972. The normalized spacial score (nSPS) is 10.8. The van der Waals surface area contributed by atoms with Gasteiger partial charge in [0.15, 0.2) is 11.5 Å². The Labute approximate surface area is 224 Å². The maximum atomic E-state index is 13.0. The molecule has 0 saturated heterocycles. The summed E-state index contributed by atoms with van der Waals surface area (Å²) in [5, 5.41) is 14.0. The monoisotopic (exact) mass is 550 g/mol. The molecular formula is C25H22N6O7S. The van der Waals surface area contributed by atoms with Crippen LogP contribution in [0.2, 0.25) is 0 Å². The highest BCUT2D eigenvalue weighted by atomic mass is 32.2. The molecule has 14 heteroatoms. The molecule has 0 spiro atoms. The second-order valence-corrected chi connectivity index (χ2v) is 9.16. The van der Waals surface area contributed by atoms with Crippen molar-refractivity contribution in [1.82, 2.24) is 19.1 Å². The third-order valence-corrected chi connectivity index (χ3v) is 6.60. The van der Waals surface area contributed by atoms with Crippen molar-refractivity contribution < 1.29 is 19.2 Å². The van der Waals surface area contributed by atoms with Gasteiger partial charge in [0, 0.05) is 37.5 Å². The SMILES string of the molecule is CCOC(=O)c1ccc(NC(=O)CSc2nc(-c3ccc([N+](=O)[O-])cc3)nc3c2c(=O)n(C)c(=O)n3C)cc1. The number of nitro benzene ring substituents is 1. The molecule has 0 bridgehead atoms. The van der Waals surface area contributed by atoms with E-state index in [0.717, 1.165) is 16.3 Å². The van der Waals surface area contributed by atoms with Gasteiger partial charge in [-0.05, 0) is 43.3 Å². The highest BCUT2D eigenvalue weighted by molar-refractivity contribution is 8.00. The summed E-state index contributed by atoms with van der Waals surface area (Å²) in [7, 11) is 2.79. The molecule has 0 aliphatic rings. The largest absolute Gasteiger partial charge is 0.462 e. The molecule has 1 N–H and O–H groups in total. The first-order valence-corrected chi connectivity index (χ1v) is 12.5. The Morgan fingerprint density at radius 1 is 1.03 bits per heavy atom. The van der Waals surface area contributed by atoms with Crippen molar-refractivity contribution in [1.29, 1.82) is 0 Å². The number of amides is 1. The van der Waals surface area contributed by atoms with Gasteiger partial charge >= 0.3 is 11.7 Å². The molecule has 39 heavy (non-hydrogen) atoms. The second kappa shape index (κ2) is 11.3. The molecule has 0 radical (unpaired) electrons. The lowest BCUT2D eigenvalue weighted by Crippen LogP contribution is -2.37. The number of carbonyl (C=O) groups is 2. The molecule has 4 rings (SSSR count).